The standard InChI is InChI=1S/C15H17N3/c16-10-12-5-7-13-14(9-12)18-15(17-13)8-6-11-3-1-2-4-11/h5,7,9,11H,1-4,6,8H2,(H,17,18). The van der Waals surface area contributed by atoms with E-state index in [-0.39, 0.29) is 0 Å². The molecule has 1 N–H and O–H groups in total. The molecule has 0 spiro atoms. The van der Waals surface area contributed by atoms with Crippen LogP contribution >= 0.6 is 0 Å². The highest BCUT2D eigenvalue weighted by Crippen LogP contribution is 2.28. The van der Waals surface area contributed by atoms with Gasteiger partial charge in [-0.25, -0.2) is 4.98 Å². The van der Waals surface area contributed by atoms with Gasteiger partial charge in [0.05, 0.1) is 22.7 Å². The molecular weight excluding hydrogens is 222 g/mol. The smallest absolute Gasteiger partial charge is 0.107 e. The molecule has 0 bridgehead atoms. The summed E-state index contributed by atoms with van der Waals surface area (Å²) in [7, 11) is 0. The van der Waals surface area contributed by atoms with Crippen LogP contribution in [0.5, 0.6) is 0 Å². The minimum absolute atomic E-state index is 0.688. The lowest BCUT2D eigenvalue weighted by Crippen LogP contribution is -1.97. The van der Waals surface area contributed by atoms with E-state index in [9.17, 15) is 0 Å². The molecule has 3 nitrogen and oxygen atoms in total. The summed E-state index contributed by atoms with van der Waals surface area (Å²) in [4.78, 5) is 7.92. The maximum Gasteiger partial charge on any atom is 0.107 e. The maximum absolute atomic E-state index is 8.87. The molecule has 3 heteroatoms. The Balaban J connectivity index is 1.74. The fourth-order valence-electron chi connectivity index (χ4n) is 2.89. The number of fused-ring (bicyclic) bond motifs is 1. The Labute approximate surface area is 107 Å². The van der Waals surface area contributed by atoms with Crippen LogP contribution in [-0.4, -0.2) is 9.97 Å². The van der Waals surface area contributed by atoms with Gasteiger partial charge in [0.25, 0.3) is 0 Å². The molecule has 1 aliphatic rings. The molecule has 1 heterocycles. The Bertz CT molecular complexity index is 585. The van der Waals surface area contributed by atoms with Crippen LogP contribution in [0.15, 0.2) is 18.2 Å². The quantitative estimate of drug-likeness (QED) is 0.890. The highest BCUT2D eigenvalue weighted by molar-refractivity contribution is 5.76. The van der Waals surface area contributed by atoms with Gasteiger partial charge in [-0.1, -0.05) is 25.7 Å². The molecule has 18 heavy (non-hydrogen) atoms. The van der Waals surface area contributed by atoms with Gasteiger partial charge in [0.1, 0.15) is 5.82 Å². The van der Waals surface area contributed by atoms with E-state index in [1.54, 1.807) is 0 Å². The second-order valence-corrected chi connectivity index (χ2v) is 5.22. The number of aromatic amines is 1. The number of nitrogens with one attached hydrogen (secondary N) is 1. The van der Waals surface area contributed by atoms with Crippen molar-refractivity contribution >= 4 is 11.0 Å². The van der Waals surface area contributed by atoms with E-state index in [0.29, 0.717) is 5.56 Å². The van der Waals surface area contributed by atoms with Crippen LogP contribution in [0.1, 0.15) is 43.5 Å². The zero-order valence-electron chi connectivity index (χ0n) is 10.4. The monoisotopic (exact) mass is 239 g/mol. The molecule has 0 amide bonds. The average molecular weight is 239 g/mol. The molecule has 0 saturated heterocycles. The molecule has 0 atom stereocenters. The van der Waals surface area contributed by atoms with Crippen LogP contribution in [0, 0.1) is 17.2 Å². The van der Waals surface area contributed by atoms with E-state index in [1.165, 1.54) is 32.1 Å². The number of imidazole rings is 1. The highest BCUT2D eigenvalue weighted by atomic mass is 14.9. The van der Waals surface area contributed by atoms with Gasteiger partial charge in [-0.05, 0) is 30.5 Å². The van der Waals surface area contributed by atoms with E-state index in [0.717, 1.165) is 29.2 Å². The third-order valence-electron chi connectivity index (χ3n) is 3.92. The number of rotatable bonds is 3. The second-order valence-electron chi connectivity index (χ2n) is 5.22. The van der Waals surface area contributed by atoms with E-state index in [2.05, 4.69) is 16.0 Å². The van der Waals surface area contributed by atoms with Crippen LogP contribution in [0.25, 0.3) is 11.0 Å². The molecule has 0 unspecified atom stereocenters. The van der Waals surface area contributed by atoms with Crippen molar-refractivity contribution in [1.82, 2.24) is 9.97 Å². The molecule has 2 aromatic rings. The van der Waals surface area contributed by atoms with Gasteiger partial charge >= 0.3 is 0 Å². The third kappa shape index (κ3) is 2.24. The molecule has 1 aromatic carbocycles. The minimum Gasteiger partial charge on any atom is -0.342 e. The van der Waals surface area contributed by atoms with Crippen molar-refractivity contribution in [3.05, 3.63) is 29.6 Å². The summed E-state index contributed by atoms with van der Waals surface area (Å²) < 4.78 is 0. The number of aromatic nitrogens is 2. The Hall–Kier alpha value is -1.82. The summed E-state index contributed by atoms with van der Waals surface area (Å²) in [6.07, 6.45) is 7.84. The van der Waals surface area contributed by atoms with Crippen molar-refractivity contribution in [2.45, 2.75) is 38.5 Å². The molecule has 1 saturated carbocycles. The van der Waals surface area contributed by atoms with Crippen LogP contribution in [0.2, 0.25) is 0 Å². The van der Waals surface area contributed by atoms with E-state index in [1.807, 2.05) is 18.2 Å². The number of H-pyrrole nitrogens is 1. The first-order valence-corrected chi connectivity index (χ1v) is 6.74. The van der Waals surface area contributed by atoms with Crippen LogP contribution in [0.3, 0.4) is 0 Å². The fourth-order valence-corrected chi connectivity index (χ4v) is 2.89. The number of hydrogen-bond donors (Lipinski definition) is 1. The molecule has 0 aliphatic heterocycles. The SMILES string of the molecule is N#Cc1ccc2nc(CCC3CCCC3)[nH]c2c1. The third-order valence-corrected chi connectivity index (χ3v) is 3.92. The fraction of sp³-hybridized carbons (Fsp3) is 0.467. The van der Waals surface area contributed by atoms with Crippen LogP contribution in [-0.2, 0) is 6.42 Å². The Kier molecular flexibility index (Phi) is 3.02. The van der Waals surface area contributed by atoms with Crippen molar-refractivity contribution in [2.75, 3.05) is 0 Å². The van der Waals surface area contributed by atoms with Gasteiger partial charge < -0.3 is 4.98 Å². The zero-order chi connectivity index (χ0) is 12.4. The summed E-state index contributed by atoms with van der Waals surface area (Å²) in [6, 6.07) is 7.78. The lowest BCUT2D eigenvalue weighted by molar-refractivity contribution is 0.498. The lowest BCUT2D eigenvalue weighted by atomic mass is 10.0. The molecule has 92 valence electrons. The average Bonchev–Trinajstić information content (AvgIpc) is 3.04. The van der Waals surface area contributed by atoms with Gasteiger partial charge in [-0.3, -0.25) is 0 Å². The molecular formula is C15H17N3. The number of nitriles is 1. The topological polar surface area (TPSA) is 52.5 Å². The lowest BCUT2D eigenvalue weighted by Gasteiger charge is -2.05. The summed E-state index contributed by atoms with van der Waals surface area (Å²) >= 11 is 0. The first-order valence-electron chi connectivity index (χ1n) is 6.74. The van der Waals surface area contributed by atoms with E-state index in [4.69, 9.17) is 5.26 Å². The minimum atomic E-state index is 0.688. The molecule has 1 fully saturated rings. The second kappa shape index (κ2) is 4.81. The largest absolute Gasteiger partial charge is 0.342 e. The summed E-state index contributed by atoms with van der Waals surface area (Å²) in [6.45, 7) is 0. The van der Waals surface area contributed by atoms with Gasteiger partial charge in [-0.2, -0.15) is 5.26 Å². The molecule has 0 radical (unpaired) electrons. The highest BCUT2D eigenvalue weighted by Gasteiger charge is 2.15. The van der Waals surface area contributed by atoms with Gasteiger partial charge in [0.2, 0.25) is 0 Å². The van der Waals surface area contributed by atoms with Crippen molar-refractivity contribution in [1.29, 1.82) is 5.26 Å². The summed E-state index contributed by atoms with van der Waals surface area (Å²) in [5, 5.41) is 8.87. The summed E-state index contributed by atoms with van der Waals surface area (Å²) in [5.74, 6) is 1.96. The van der Waals surface area contributed by atoms with Gasteiger partial charge in [0.15, 0.2) is 0 Å². The zero-order valence-corrected chi connectivity index (χ0v) is 10.4. The first-order chi connectivity index (χ1) is 8.85. The molecule has 1 aromatic heterocycles. The number of benzene rings is 1. The van der Waals surface area contributed by atoms with E-state index < -0.39 is 0 Å². The van der Waals surface area contributed by atoms with Gasteiger partial charge in [0, 0.05) is 6.42 Å². The Morgan fingerprint density at radius 2 is 2.17 bits per heavy atom. The predicted octanol–water partition coefficient (Wildman–Crippen LogP) is 3.56. The van der Waals surface area contributed by atoms with Crippen molar-refractivity contribution in [3.8, 4) is 6.07 Å². The molecule has 1 aliphatic carbocycles. The number of hydrogen-bond acceptors (Lipinski definition) is 2. The molecule has 3 rings (SSSR count). The normalized spacial score (nSPS) is 16.2. The Morgan fingerprint density at radius 3 is 2.94 bits per heavy atom. The van der Waals surface area contributed by atoms with Crippen molar-refractivity contribution in [3.63, 3.8) is 0 Å². The van der Waals surface area contributed by atoms with Crippen molar-refractivity contribution < 1.29 is 0 Å². The maximum atomic E-state index is 8.87. The predicted molar refractivity (Wildman–Crippen MR) is 71.1 cm³/mol. The van der Waals surface area contributed by atoms with Gasteiger partial charge in [-0.15, -0.1) is 0 Å². The summed E-state index contributed by atoms with van der Waals surface area (Å²) in [5.41, 5.74) is 2.64. The van der Waals surface area contributed by atoms with E-state index >= 15 is 0 Å². The van der Waals surface area contributed by atoms with Crippen molar-refractivity contribution in [2.24, 2.45) is 5.92 Å². The van der Waals surface area contributed by atoms with Crippen LogP contribution in [0.4, 0.5) is 0 Å². The van der Waals surface area contributed by atoms with Crippen LogP contribution < -0.4 is 0 Å². The first kappa shape index (κ1) is 11.3. The number of nitrogens with zero attached hydrogens (tertiary/aromatic N) is 2. The number of aryl methyl sites for hydroxylation is 1. The Morgan fingerprint density at radius 1 is 1.33 bits per heavy atom.